The Morgan fingerprint density at radius 1 is 1.35 bits per heavy atom. The lowest BCUT2D eigenvalue weighted by molar-refractivity contribution is -0.124. The molecule has 0 radical (unpaired) electrons. The number of hydrogen-bond donors (Lipinski definition) is 2. The minimum atomic E-state index is -0.843. The van der Waals surface area contributed by atoms with Crippen LogP contribution >= 0.6 is 0 Å². The van der Waals surface area contributed by atoms with Gasteiger partial charge in [0.25, 0.3) is 0 Å². The normalized spacial score (nSPS) is 15.4. The molecule has 3 N–H and O–H groups in total. The van der Waals surface area contributed by atoms with Gasteiger partial charge in [0.15, 0.2) is 0 Å². The highest BCUT2D eigenvalue weighted by atomic mass is 16.5. The zero-order chi connectivity index (χ0) is 15.2. The lowest BCUT2D eigenvalue weighted by Gasteiger charge is -2.26. The Morgan fingerprint density at radius 3 is 2.40 bits per heavy atom. The van der Waals surface area contributed by atoms with Crippen molar-refractivity contribution < 1.29 is 9.53 Å². The van der Waals surface area contributed by atoms with E-state index in [0.29, 0.717) is 12.5 Å². The summed E-state index contributed by atoms with van der Waals surface area (Å²) in [6.45, 7) is 8.94. The highest BCUT2D eigenvalue weighted by Gasteiger charge is 2.30. The molecule has 2 unspecified atom stereocenters. The summed E-state index contributed by atoms with van der Waals surface area (Å²) in [6.07, 6.45) is 1.11. The van der Waals surface area contributed by atoms with E-state index >= 15 is 0 Å². The molecule has 4 nitrogen and oxygen atoms in total. The van der Waals surface area contributed by atoms with Crippen LogP contribution in [0.15, 0.2) is 24.3 Å². The summed E-state index contributed by atoms with van der Waals surface area (Å²) in [7, 11) is 0. The molecule has 0 aliphatic carbocycles. The molecule has 0 saturated carbocycles. The lowest BCUT2D eigenvalue weighted by atomic mass is 9.99. The average Bonchev–Trinajstić information content (AvgIpc) is 2.45. The van der Waals surface area contributed by atoms with Crippen molar-refractivity contribution in [3.8, 4) is 5.75 Å². The van der Waals surface area contributed by atoms with Gasteiger partial charge >= 0.3 is 0 Å². The second-order valence-corrected chi connectivity index (χ2v) is 5.39. The van der Waals surface area contributed by atoms with Gasteiger partial charge in [0.05, 0.1) is 0 Å². The first kappa shape index (κ1) is 16.5. The Bertz CT molecular complexity index is 431. The summed E-state index contributed by atoms with van der Waals surface area (Å²) in [5.74, 6) is 0.889. The van der Waals surface area contributed by atoms with Crippen LogP contribution < -0.4 is 15.8 Å². The SMILES string of the molecule is CCNC(C)(COc1ccc(C(C)CC)cc1)C(N)=O. The summed E-state index contributed by atoms with van der Waals surface area (Å²) >= 11 is 0. The standard InChI is InChI=1S/C16H26N2O2/c1-5-12(3)13-7-9-14(10-8-13)20-11-16(4,15(17)19)18-6-2/h7-10,12,18H,5-6,11H2,1-4H3,(H2,17,19). The largest absolute Gasteiger partial charge is 0.491 e. The highest BCUT2D eigenvalue weighted by molar-refractivity contribution is 5.84. The average molecular weight is 278 g/mol. The molecule has 0 heterocycles. The van der Waals surface area contributed by atoms with E-state index in [9.17, 15) is 4.79 Å². The van der Waals surface area contributed by atoms with Gasteiger partial charge in [-0.05, 0) is 43.5 Å². The van der Waals surface area contributed by atoms with Gasteiger partial charge in [0, 0.05) is 0 Å². The molecule has 0 aliphatic heterocycles. The molecule has 20 heavy (non-hydrogen) atoms. The van der Waals surface area contributed by atoms with Gasteiger partial charge in [-0.15, -0.1) is 0 Å². The van der Waals surface area contributed by atoms with Crippen molar-refractivity contribution >= 4 is 5.91 Å². The van der Waals surface area contributed by atoms with Crippen molar-refractivity contribution in [2.75, 3.05) is 13.2 Å². The maximum absolute atomic E-state index is 11.5. The van der Waals surface area contributed by atoms with E-state index in [-0.39, 0.29) is 6.61 Å². The van der Waals surface area contributed by atoms with Crippen LogP contribution in [-0.2, 0) is 4.79 Å². The minimum Gasteiger partial charge on any atom is -0.491 e. The van der Waals surface area contributed by atoms with Crippen LogP contribution in [0.4, 0.5) is 0 Å². The Kier molecular flexibility index (Phi) is 6.02. The number of primary amides is 1. The van der Waals surface area contributed by atoms with Gasteiger partial charge in [-0.25, -0.2) is 0 Å². The molecule has 2 atom stereocenters. The molecule has 1 amide bonds. The monoisotopic (exact) mass is 278 g/mol. The predicted molar refractivity (Wildman–Crippen MR) is 81.9 cm³/mol. The molecule has 1 aromatic rings. The van der Waals surface area contributed by atoms with Crippen LogP contribution in [0.25, 0.3) is 0 Å². The molecule has 0 aromatic heterocycles. The Labute approximate surface area is 121 Å². The van der Waals surface area contributed by atoms with Crippen molar-refractivity contribution in [1.29, 1.82) is 0 Å². The number of nitrogens with two attached hydrogens (primary N) is 1. The van der Waals surface area contributed by atoms with E-state index in [1.807, 2.05) is 19.1 Å². The van der Waals surface area contributed by atoms with Crippen LogP contribution in [0.1, 0.15) is 45.6 Å². The number of rotatable bonds is 8. The van der Waals surface area contributed by atoms with Crippen LogP contribution in [0.5, 0.6) is 5.75 Å². The lowest BCUT2D eigenvalue weighted by Crippen LogP contribution is -2.57. The van der Waals surface area contributed by atoms with E-state index < -0.39 is 11.4 Å². The molecule has 0 spiro atoms. The van der Waals surface area contributed by atoms with Gasteiger partial charge in [0.1, 0.15) is 17.9 Å². The second-order valence-electron chi connectivity index (χ2n) is 5.39. The topological polar surface area (TPSA) is 64.3 Å². The quantitative estimate of drug-likeness (QED) is 0.767. The smallest absolute Gasteiger partial charge is 0.240 e. The number of likely N-dealkylation sites (N-methyl/N-ethyl adjacent to an activating group) is 1. The first-order chi connectivity index (χ1) is 9.42. The van der Waals surface area contributed by atoms with Crippen molar-refractivity contribution in [3.63, 3.8) is 0 Å². The predicted octanol–water partition coefficient (Wildman–Crippen LogP) is 2.43. The number of carbonyl (C=O) groups excluding carboxylic acids is 1. The molecule has 112 valence electrons. The van der Waals surface area contributed by atoms with Crippen molar-refractivity contribution in [3.05, 3.63) is 29.8 Å². The molecule has 1 aromatic carbocycles. The van der Waals surface area contributed by atoms with Crippen molar-refractivity contribution in [1.82, 2.24) is 5.32 Å². The molecular formula is C16H26N2O2. The third kappa shape index (κ3) is 4.23. The summed E-state index contributed by atoms with van der Waals surface area (Å²) in [4.78, 5) is 11.5. The minimum absolute atomic E-state index is 0.221. The Balaban J connectivity index is 2.67. The van der Waals surface area contributed by atoms with Crippen molar-refractivity contribution in [2.45, 2.75) is 45.6 Å². The maximum atomic E-state index is 11.5. The first-order valence-corrected chi connectivity index (χ1v) is 7.20. The van der Waals surface area contributed by atoms with Crippen molar-refractivity contribution in [2.24, 2.45) is 5.73 Å². The molecular weight excluding hydrogens is 252 g/mol. The van der Waals surface area contributed by atoms with Gasteiger partial charge in [0.2, 0.25) is 5.91 Å². The molecule has 0 aliphatic rings. The Hall–Kier alpha value is -1.55. The zero-order valence-corrected chi connectivity index (χ0v) is 12.9. The van der Waals surface area contributed by atoms with E-state index in [1.165, 1.54) is 5.56 Å². The maximum Gasteiger partial charge on any atom is 0.240 e. The molecule has 0 bridgehead atoms. The van der Waals surface area contributed by atoms with Gasteiger partial charge in [-0.2, -0.15) is 0 Å². The molecule has 0 saturated heterocycles. The van der Waals surface area contributed by atoms with Crippen LogP contribution in [0.3, 0.4) is 0 Å². The van der Waals surface area contributed by atoms with E-state index in [2.05, 4.69) is 31.3 Å². The number of ether oxygens (including phenoxy) is 1. The molecule has 0 fully saturated rings. The summed E-state index contributed by atoms with van der Waals surface area (Å²) < 4.78 is 5.69. The zero-order valence-electron chi connectivity index (χ0n) is 12.9. The highest BCUT2D eigenvalue weighted by Crippen LogP contribution is 2.22. The summed E-state index contributed by atoms with van der Waals surface area (Å²) in [5.41, 5.74) is 5.87. The van der Waals surface area contributed by atoms with Gasteiger partial charge < -0.3 is 15.8 Å². The number of carbonyl (C=O) groups is 1. The number of hydrogen-bond acceptors (Lipinski definition) is 3. The van der Waals surface area contributed by atoms with E-state index in [1.54, 1.807) is 6.92 Å². The van der Waals surface area contributed by atoms with E-state index in [4.69, 9.17) is 10.5 Å². The van der Waals surface area contributed by atoms with Crippen LogP contribution in [0, 0.1) is 0 Å². The third-order valence-corrected chi connectivity index (χ3v) is 3.70. The number of benzene rings is 1. The number of amides is 1. The third-order valence-electron chi connectivity index (χ3n) is 3.70. The van der Waals surface area contributed by atoms with E-state index in [0.717, 1.165) is 12.2 Å². The van der Waals surface area contributed by atoms with Gasteiger partial charge in [-0.3, -0.25) is 4.79 Å². The summed E-state index contributed by atoms with van der Waals surface area (Å²) in [6, 6.07) is 8.01. The van der Waals surface area contributed by atoms with Crippen LogP contribution in [-0.4, -0.2) is 24.6 Å². The number of nitrogens with one attached hydrogen (secondary N) is 1. The van der Waals surface area contributed by atoms with Gasteiger partial charge in [-0.1, -0.05) is 32.9 Å². The second kappa shape index (κ2) is 7.29. The molecule has 4 heteroatoms. The summed E-state index contributed by atoms with van der Waals surface area (Å²) in [5, 5.41) is 3.07. The van der Waals surface area contributed by atoms with Crippen LogP contribution in [0.2, 0.25) is 0 Å². The molecule has 1 rings (SSSR count). The first-order valence-electron chi connectivity index (χ1n) is 7.20. The fourth-order valence-corrected chi connectivity index (χ4v) is 1.96. The fraction of sp³-hybridized carbons (Fsp3) is 0.562. The Morgan fingerprint density at radius 2 is 1.95 bits per heavy atom. The fourth-order valence-electron chi connectivity index (χ4n) is 1.96.